The Labute approximate surface area is 80.8 Å². The van der Waals surface area contributed by atoms with Crippen LogP contribution in [0.25, 0.3) is 0 Å². The van der Waals surface area contributed by atoms with E-state index >= 15 is 0 Å². The third kappa shape index (κ3) is 4.88. The maximum Gasteiger partial charge on any atom is 0.0918 e. The van der Waals surface area contributed by atoms with Gasteiger partial charge in [0.1, 0.15) is 0 Å². The molecule has 0 unspecified atom stereocenters. The molecule has 0 aromatic carbocycles. The van der Waals surface area contributed by atoms with Gasteiger partial charge in [-0.25, -0.2) is 0 Å². The van der Waals surface area contributed by atoms with E-state index in [-0.39, 0.29) is 0 Å². The standard InChI is InChI=1S/C10H21N3/c1-2-6-13(7-5-10(11)12)8-9-3-4-9/h9H,2-8H2,1H3,(H3,11,12). The van der Waals surface area contributed by atoms with Crippen molar-refractivity contribution < 1.29 is 0 Å². The van der Waals surface area contributed by atoms with Crippen LogP contribution in [0, 0.1) is 11.3 Å². The summed E-state index contributed by atoms with van der Waals surface area (Å²) in [5.74, 6) is 1.26. The van der Waals surface area contributed by atoms with Crippen LogP contribution in [0.1, 0.15) is 32.6 Å². The summed E-state index contributed by atoms with van der Waals surface area (Å²) in [6.45, 7) is 5.55. The summed E-state index contributed by atoms with van der Waals surface area (Å²) in [5.41, 5.74) is 5.34. The second-order valence-corrected chi connectivity index (χ2v) is 4.02. The van der Waals surface area contributed by atoms with Crippen LogP contribution < -0.4 is 5.73 Å². The molecule has 0 aromatic rings. The molecule has 1 saturated carbocycles. The fourth-order valence-corrected chi connectivity index (χ4v) is 1.55. The van der Waals surface area contributed by atoms with Gasteiger partial charge in [0, 0.05) is 19.5 Å². The highest BCUT2D eigenvalue weighted by Crippen LogP contribution is 2.29. The number of rotatable bonds is 7. The van der Waals surface area contributed by atoms with Gasteiger partial charge in [0.05, 0.1) is 5.84 Å². The highest BCUT2D eigenvalue weighted by atomic mass is 15.1. The van der Waals surface area contributed by atoms with Crippen molar-refractivity contribution in [2.45, 2.75) is 32.6 Å². The van der Waals surface area contributed by atoms with E-state index in [1.54, 1.807) is 0 Å². The quantitative estimate of drug-likeness (QED) is 0.463. The van der Waals surface area contributed by atoms with Crippen LogP contribution in [0.4, 0.5) is 0 Å². The topological polar surface area (TPSA) is 53.1 Å². The molecule has 0 spiro atoms. The van der Waals surface area contributed by atoms with Crippen molar-refractivity contribution >= 4 is 5.84 Å². The molecule has 0 aliphatic heterocycles. The van der Waals surface area contributed by atoms with Gasteiger partial charge in [0.2, 0.25) is 0 Å². The van der Waals surface area contributed by atoms with Crippen LogP contribution in [0.5, 0.6) is 0 Å². The maximum absolute atomic E-state index is 7.17. The molecule has 3 nitrogen and oxygen atoms in total. The van der Waals surface area contributed by atoms with Crippen LogP contribution in [0.15, 0.2) is 0 Å². The molecule has 0 aromatic heterocycles. The monoisotopic (exact) mass is 183 g/mol. The largest absolute Gasteiger partial charge is 0.388 e. The lowest BCUT2D eigenvalue weighted by molar-refractivity contribution is 0.270. The average molecular weight is 183 g/mol. The molecule has 76 valence electrons. The Morgan fingerprint density at radius 2 is 2.15 bits per heavy atom. The molecule has 1 aliphatic carbocycles. The minimum atomic E-state index is 0.317. The van der Waals surface area contributed by atoms with Crippen LogP contribution >= 0.6 is 0 Å². The number of hydrogen-bond donors (Lipinski definition) is 2. The van der Waals surface area contributed by atoms with Gasteiger partial charge < -0.3 is 10.6 Å². The zero-order valence-electron chi connectivity index (χ0n) is 8.55. The summed E-state index contributed by atoms with van der Waals surface area (Å²) >= 11 is 0. The molecule has 0 atom stereocenters. The van der Waals surface area contributed by atoms with Crippen molar-refractivity contribution in [2.24, 2.45) is 11.7 Å². The third-order valence-corrected chi connectivity index (χ3v) is 2.45. The van der Waals surface area contributed by atoms with Gasteiger partial charge in [-0.3, -0.25) is 5.41 Å². The summed E-state index contributed by atoms with van der Waals surface area (Å²) in [7, 11) is 0. The molecule has 3 heteroatoms. The number of nitrogens with one attached hydrogen (secondary N) is 1. The first kappa shape index (κ1) is 10.5. The van der Waals surface area contributed by atoms with E-state index in [1.165, 1.54) is 25.8 Å². The minimum Gasteiger partial charge on any atom is -0.388 e. The fraction of sp³-hybridized carbons (Fsp3) is 0.900. The summed E-state index contributed by atoms with van der Waals surface area (Å²) in [4.78, 5) is 2.44. The van der Waals surface area contributed by atoms with Gasteiger partial charge in [0.25, 0.3) is 0 Å². The zero-order valence-corrected chi connectivity index (χ0v) is 8.55. The van der Waals surface area contributed by atoms with E-state index in [2.05, 4.69) is 11.8 Å². The Morgan fingerprint density at radius 3 is 2.62 bits per heavy atom. The summed E-state index contributed by atoms with van der Waals surface area (Å²) in [5, 5.41) is 7.17. The SMILES string of the molecule is CCCN(CCC(=N)N)CC1CC1. The minimum absolute atomic E-state index is 0.317. The average Bonchev–Trinajstić information content (AvgIpc) is 2.84. The van der Waals surface area contributed by atoms with Gasteiger partial charge in [-0.2, -0.15) is 0 Å². The van der Waals surface area contributed by atoms with Crippen molar-refractivity contribution in [3.63, 3.8) is 0 Å². The number of hydrogen-bond acceptors (Lipinski definition) is 2. The lowest BCUT2D eigenvalue weighted by Gasteiger charge is -2.20. The lowest BCUT2D eigenvalue weighted by Crippen LogP contribution is -2.30. The molecule has 3 N–H and O–H groups in total. The van der Waals surface area contributed by atoms with E-state index in [9.17, 15) is 0 Å². The van der Waals surface area contributed by atoms with Gasteiger partial charge in [-0.05, 0) is 31.7 Å². The Kier molecular flexibility index (Phi) is 4.22. The fourth-order valence-electron chi connectivity index (χ4n) is 1.55. The molecule has 13 heavy (non-hydrogen) atoms. The van der Waals surface area contributed by atoms with Gasteiger partial charge >= 0.3 is 0 Å². The molecular weight excluding hydrogens is 162 g/mol. The second kappa shape index (κ2) is 5.22. The molecule has 0 bridgehead atoms. The molecule has 0 saturated heterocycles. The normalized spacial score (nSPS) is 16.5. The van der Waals surface area contributed by atoms with E-state index in [0.29, 0.717) is 5.84 Å². The van der Waals surface area contributed by atoms with E-state index in [1.807, 2.05) is 0 Å². The van der Waals surface area contributed by atoms with Crippen molar-refractivity contribution in [2.75, 3.05) is 19.6 Å². The Hall–Kier alpha value is -0.570. The van der Waals surface area contributed by atoms with Crippen molar-refractivity contribution in [3.05, 3.63) is 0 Å². The van der Waals surface area contributed by atoms with E-state index < -0.39 is 0 Å². The lowest BCUT2D eigenvalue weighted by atomic mass is 10.3. The molecule has 0 amide bonds. The van der Waals surface area contributed by atoms with Gasteiger partial charge in [-0.1, -0.05) is 6.92 Å². The Bertz CT molecular complexity index is 164. The van der Waals surface area contributed by atoms with Crippen LogP contribution in [-0.2, 0) is 0 Å². The number of nitrogens with zero attached hydrogens (tertiary/aromatic N) is 1. The van der Waals surface area contributed by atoms with Crippen molar-refractivity contribution in [1.82, 2.24) is 4.90 Å². The van der Waals surface area contributed by atoms with E-state index in [4.69, 9.17) is 11.1 Å². The highest BCUT2D eigenvalue weighted by Gasteiger charge is 2.23. The Balaban J connectivity index is 2.15. The second-order valence-electron chi connectivity index (χ2n) is 4.02. The predicted molar refractivity (Wildman–Crippen MR) is 56.0 cm³/mol. The first-order valence-electron chi connectivity index (χ1n) is 5.27. The molecule has 0 radical (unpaired) electrons. The van der Waals surface area contributed by atoms with Crippen LogP contribution in [-0.4, -0.2) is 30.4 Å². The molecule has 0 heterocycles. The maximum atomic E-state index is 7.17. The van der Waals surface area contributed by atoms with Gasteiger partial charge in [0.15, 0.2) is 0 Å². The number of nitrogens with two attached hydrogens (primary N) is 1. The van der Waals surface area contributed by atoms with E-state index in [0.717, 1.165) is 25.4 Å². The molecule has 1 aliphatic rings. The smallest absolute Gasteiger partial charge is 0.0918 e. The molecule has 1 rings (SSSR count). The van der Waals surface area contributed by atoms with Crippen molar-refractivity contribution in [1.29, 1.82) is 5.41 Å². The Morgan fingerprint density at radius 1 is 1.46 bits per heavy atom. The predicted octanol–water partition coefficient (Wildman–Crippen LogP) is 1.43. The molecular formula is C10H21N3. The van der Waals surface area contributed by atoms with Crippen molar-refractivity contribution in [3.8, 4) is 0 Å². The summed E-state index contributed by atoms with van der Waals surface area (Å²) in [6.07, 6.45) is 4.73. The highest BCUT2D eigenvalue weighted by molar-refractivity contribution is 5.76. The first-order chi connectivity index (χ1) is 6.22. The molecule has 1 fully saturated rings. The third-order valence-electron chi connectivity index (χ3n) is 2.45. The van der Waals surface area contributed by atoms with Crippen LogP contribution in [0.2, 0.25) is 0 Å². The van der Waals surface area contributed by atoms with Crippen LogP contribution in [0.3, 0.4) is 0 Å². The summed E-state index contributed by atoms with van der Waals surface area (Å²) in [6, 6.07) is 0. The number of amidine groups is 1. The zero-order chi connectivity index (χ0) is 9.68. The first-order valence-corrected chi connectivity index (χ1v) is 5.27. The summed E-state index contributed by atoms with van der Waals surface area (Å²) < 4.78 is 0. The van der Waals surface area contributed by atoms with Gasteiger partial charge in [-0.15, -0.1) is 0 Å².